The Morgan fingerprint density at radius 2 is 1.62 bits per heavy atom. The Kier molecular flexibility index (Phi) is 8.00. The van der Waals surface area contributed by atoms with Crippen molar-refractivity contribution < 1.29 is 28.5 Å². The monoisotopic (exact) mass is 498 g/mol. The Balaban J connectivity index is 1.56. The molecule has 0 aliphatic heterocycles. The van der Waals surface area contributed by atoms with Crippen LogP contribution in [-0.2, 0) is 20.9 Å². The van der Waals surface area contributed by atoms with E-state index < -0.39 is 11.9 Å². The standard InChI is InChI=1S/C29H26N2O6/c1-34-25-15-13-22(17-26(25)35-2)28-23(18-31(30-28)24-7-5-4-6-8-24)14-16-27(32)37-19-20-9-11-21(12-10-20)29(33)36-3/h4-18H,19H2,1-3H3/b16-14+. The SMILES string of the molecule is COC(=O)c1ccc(COC(=O)/C=C/c2cn(-c3ccccc3)nc2-c2ccc(OC)c(OC)c2)cc1. The van der Waals surface area contributed by atoms with Gasteiger partial charge in [0.05, 0.1) is 32.6 Å². The molecule has 0 spiro atoms. The van der Waals surface area contributed by atoms with E-state index in [4.69, 9.17) is 24.0 Å². The van der Waals surface area contributed by atoms with Gasteiger partial charge in [0.15, 0.2) is 11.5 Å². The lowest BCUT2D eigenvalue weighted by atomic mass is 10.1. The zero-order valence-corrected chi connectivity index (χ0v) is 20.7. The fourth-order valence-corrected chi connectivity index (χ4v) is 3.65. The number of rotatable bonds is 9. The summed E-state index contributed by atoms with van der Waals surface area (Å²) in [5.74, 6) is 0.242. The van der Waals surface area contributed by atoms with Crippen molar-refractivity contribution in [3.05, 3.63) is 102 Å². The number of hydrogen-bond donors (Lipinski definition) is 0. The molecule has 4 rings (SSSR count). The van der Waals surface area contributed by atoms with Gasteiger partial charge in [-0.1, -0.05) is 30.3 Å². The minimum Gasteiger partial charge on any atom is -0.493 e. The molecule has 1 heterocycles. The van der Waals surface area contributed by atoms with Crippen LogP contribution in [-0.4, -0.2) is 43.0 Å². The Morgan fingerprint density at radius 1 is 0.892 bits per heavy atom. The summed E-state index contributed by atoms with van der Waals surface area (Å²) < 4.78 is 22.6. The Hall–Kier alpha value is -4.85. The van der Waals surface area contributed by atoms with Crippen molar-refractivity contribution in [1.82, 2.24) is 9.78 Å². The quantitative estimate of drug-likeness (QED) is 0.234. The van der Waals surface area contributed by atoms with Crippen molar-refractivity contribution in [3.8, 4) is 28.4 Å². The lowest BCUT2D eigenvalue weighted by molar-refractivity contribution is -0.138. The molecule has 0 unspecified atom stereocenters. The maximum absolute atomic E-state index is 12.5. The van der Waals surface area contributed by atoms with Crippen LogP contribution < -0.4 is 9.47 Å². The minimum atomic E-state index is -0.511. The predicted octanol–water partition coefficient (Wildman–Crippen LogP) is 5.10. The normalized spacial score (nSPS) is 10.8. The van der Waals surface area contributed by atoms with Crippen LogP contribution in [0.15, 0.2) is 85.1 Å². The van der Waals surface area contributed by atoms with E-state index >= 15 is 0 Å². The molecule has 1 aromatic heterocycles. The summed E-state index contributed by atoms with van der Waals surface area (Å²) in [5, 5.41) is 4.76. The maximum Gasteiger partial charge on any atom is 0.337 e. The first kappa shape index (κ1) is 25.2. The largest absolute Gasteiger partial charge is 0.493 e. The molecule has 8 nitrogen and oxygen atoms in total. The van der Waals surface area contributed by atoms with Crippen molar-refractivity contribution in [2.75, 3.05) is 21.3 Å². The Labute approximate surface area is 214 Å². The van der Waals surface area contributed by atoms with E-state index in [0.717, 1.165) is 22.4 Å². The number of nitrogens with zero attached hydrogens (tertiary/aromatic N) is 2. The molecule has 0 N–H and O–H groups in total. The van der Waals surface area contributed by atoms with E-state index in [1.54, 1.807) is 49.2 Å². The fraction of sp³-hybridized carbons (Fsp3) is 0.138. The molecule has 0 bridgehead atoms. The number of esters is 2. The van der Waals surface area contributed by atoms with Crippen molar-refractivity contribution >= 4 is 18.0 Å². The number of hydrogen-bond acceptors (Lipinski definition) is 7. The summed E-state index contributed by atoms with van der Waals surface area (Å²) in [4.78, 5) is 24.0. The maximum atomic E-state index is 12.5. The molecule has 3 aromatic carbocycles. The number of methoxy groups -OCH3 is 3. The van der Waals surface area contributed by atoms with E-state index in [2.05, 4.69) is 0 Å². The third-order valence-corrected chi connectivity index (χ3v) is 5.58. The molecule has 0 saturated heterocycles. The average Bonchev–Trinajstić information content (AvgIpc) is 3.39. The number of para-hydroxylation sites is 1. The molecule has 4 aromatic rings. The van der Waals surface area contributed by atoms with E-state index in [1.165, 1.54) is 13.2 Å². The molecule has 0 aliphatic carbocycles. The zero-order chi connectivity index (χ0) is 26.2. The molecule has 0 atom stereocenters. The molecule has 0 amide bonds. The molecule has 188 valence electrons. The Bertz CT molecular complexity index is 1410. The lowest BCUT2D eigenvalue weighted by Gasteiger charge is -2.09. The van der Waals surface area contributed by atoms with Crippen molar-refractivity contribution in [2.24, 2.45) is 0 Å². The number of carbonyl (C=O) groups excluding carboxylic acids is 2. The van der Waals surface area contributed by atoms with Crippen LogP contribution >= 0.6 is 0 Å². The molecular weight excluding hydrogens is 472 g/mol. The van der Waals surface area contributed by atoms with Gasteiger partial charge < -0.3 is 18.9 Å². The summed E-state index contributed by atoms with van der Waals surface area (Å²) in [6.07, 6.45) is 4.87. The van der Waals surface area contributed by atoms with E-state index in [1.807, 2.05) is 54.7 Å². The highest BCUT2D eigenvalue weighted by molar-refractivity contribution is 5.90. The van der Waals surface area contributed by atoms with Crippen LogP contribution in [0, 0.1) is 0 Å². The van der Waals surface area contributed by atoms with Gasteiger partial charge in [0.2, 0.25) is 0 Å². The Morgan fingerprint density at radius 3 is 2.30 bits per heavy atom. The number of ether oxygens (including phenoxy) is 4. The summed E-state index contributed by atoms with van der Waals surface area (Å²) in [5.41, 5.74) is 4.23. The van der Waals surface area contributed by atoms with Crippen LogP contribution in [0.1, 0.15) is 21.5 Å². The molecule has 8 heteroatoms. The number of aromatic nitrogens is 2. The zero-order valence-electron chi connectivity index (χ0n) is 20.7. The highest BCUT2D eigenvalue weighted by Crippen LogP contribution is 2.33. The summed E-state index contributed by atoms with van der Waals surface area (Å²) in [6, 6.07) is 21.9. The van der Waals surface area contributed by atoms with Crippen LogP contribution in [0.3, 0.4) is 0 Å². The van der Waals surface area contributed by atoms with Gasteiger partial charge in [-0.05, 0) is 54.1 Å². The first-order valence-electron chi connectivity index (χ1n) is 11.4. The van der Waals surface area contributed by atoms with Gasteiger partial charge in [0.25, 0.3) is 0 Å². The summed E-state index contributed by atoms with van der Waals surface area (Å²) in [7, 11) is 4.48. The lowest BCUT2D eigenvalue weighted by Crippen LogP contribution is -2.03. The van der Waals surface area contributed by atoms with Crippen molar-refractivity contribution in [2.45, 2.75) is 6.61 Å². The smallest absolute Gasteiger partial charge is 0.337 e. The van der Waals surface area contributed by atoms with Crippen LogP contribution in [0.2, 0.25) is 0 Å². The predicted molar refractivity (Wildman–Crippen MR) is 139 cm³/mol. The molecule has 37 heavy (non-hydrogen) atoms. The first-order valence-corrected chi connectivity index (χ1v) is 11.4. The summed E-state index contributed by atoms with van der Waals surface area (Å²) >= 11 is 0. The van der Waals surface area contributed by atoms with E-state index in [0.29, 0.717) is 22.8 Å². The van der Waals surface area contributed by atoms with Gasteiger partial charge in [-0.25, -0.2) is 14.3 Å². The highest BCUT2D eigenvalue weighted by atomic mass is 16.5. The van der Waals surface area contributed by atoms with E-state index in [-0.39, 0.29) is 6.61 Å². The van der Waals surface area contributed by atoms with Gasteiger partial charge in [-0.2, -0.15) is 5.10 Å². The second-order valence-corrected chi connectivity index (χ2v) is 7.91. The minimum absolute atomic E-state index is 0.0659. The van der Waals surface area contributed by atoms with Crippen molar-refractivity contribution in [1.29, 1.82) is 0 Å². The second-order valence-electron chi connectivity index (χ2n) is 7.91. The van der Waals surface area contributed by atoms with Gasteiger partial charge >= 0.3 is 11.9 Å². The van der Waals surface area contributed by atoms with Crippen LogP contribution in [0.25, 0.3) is 23.0 Å². The van der Waals surface area contributed by atoms with Gasteiger partial charge in [-0.3, -0.25) is 0 Å². The number of carbonyl (C=O) groups is 2. The fourth-order valence-electron chi connectivity index (χ4n) is 3.65. The molecule has 0 radical (unpaired) electrons. The van der Waals surface area contributed by atoms with E-state index in [9.17, 15) is 9.59 Å². The molecule has 0 fully saturated rings. The number of benzene rings is 3. The third-order valence-electron chi connectivity index (χ3n) is 5.58. The van der Waals surface area contributed by atoms with Gasteiger partial charge in [0.1, 0.15) is 12.3 Å². The van der Waals surface area contributed by atoms with Crippen LogP contribution in [0.4, 0.5) is 0 Å². The molecule has 0 saturated carbocycles. The van der Waals surface area contributed by atoms with Crippen LogP contribution in [0.5, 0.6) is 11.5 Å². The first-order chi connectivity index (χ1) is 18.0. The van der Waals surface area contributed by atoms with Crippen molar-refractivity contribution in [3.63, 3.8) is 0 Å². The molecular formula is C29H26N2O6. The average molecular weight is 499 g/mol. The van der Waals surface area contributed by atoms with Gasteiger partial charge in [0, 0.05) is 23.4 Å². The third kappa shape index (κ3) is 6.05. The highest BCUT2D eigenvalue weighted by Gasteiger charge is 2.14. The molecule has 0 aliphatic rings. The topological polar surface area (TPSA) is 88.9 Å². The summed E-state index contributed by atoms with van der Waals surface area (Å²) in [6.45, 7) is 0.0659. The van der Waals surface area contributed by atoms with Gasteiger partial charge in [-0.15, -0.1) is 0 Å². The second kappa shape index (κ2) is 11.7.